The summed E-state index contributed by atoms with van der Waals surface area (Å²) in [6.07, 6.45) is 0.471. The number of nitrogens with one attached hydrogen (secondary N) is 1. The number of halogens is 1. The van der Waals surface area contributed by atoms with Gasteiger partial charge in [0, 0.05) is 13.2 Å². The lowest BCUT2D eigenvalue weighted by Crippen LogP contribution is -2.25. The second-order valence-electron chi connectivity index (χ2n) is 3.32. The maximum Gasteiger partial charge on any atom is 0.254 e. The van der Waals surface area contributed by atoms with Crippen LogP contribution in [-0.2, 0) is 0 Å². The van der Waals surface area contributed by atoms with Crippen LogP contribution in [0.15, 0.2) is 18.2 Å². The van der Waals surface area contributed by atoms with Crippen LogP contribution in [0.2, 0.25) is 0 Å². The van der Waals surface area contributed by atoms with E-state index in [4.69, 9.17) is 5.11 Å². The summed E-state index contributed by atoms with van der Waals surface area (Å²) in [6, 6.07) is 4.46. The Hall–Kier alpha value is -1.42. The van der Waals surface area contributed by atoms with Gasteiger partial charge in [-0.3, -0.25) is 4.79 Å². The Bertz CT molecular complexity index is 352. The molecule has 4 heteroatoms. The number of hydrogen-bond donors (Lipinski definition) is 2. The molecule has 1 aromatic rings. The quantitative estimate of drug-likeness (QED) is 0.736. The number of amides is 1. The van der Waals surface area contributed by atoms with Crippen LogP contribution >= 0.6 is 0 Å². The van der Waals surface area contributed by atoms with Crippen molar-refractivity contribution >= 4 is 5.91 Å². The molecule has 82 valence electrons. The average Bonchev–Trinajstić information content (AvgIpc) is 2.17. The van der Waals surface area contributed by atoms with Gasteiger partial charge >= 0.3 is 0 Å². The summed E-state index contributed by atoms with van der Waals surface area (Å²) in [6.45, 7) is 2.12. The predicted octanol–water partition coefficient (Wildman–Crippen LogP) is 1.25. The van der Waals surface area contributed by atoms with Crippen molar-refractivity contribution < 1.29 is 14.3 Å². The molecule has 0 heterocycles. The minimum absolute atomic E-state index is 0.0106. The van der Waals surface area contributed by atoms with E-state index in [9.17, 15) is 9.18 Å². The molecule has 0 aliphatic rings. The maximum atomic E-state index is 13.3. The van der Waals surface area contributed by atoms with E-state index in [0.29, 0.717) is 13.0 Å². The molecule has 0 saturated heterocycles. The Kier molecular flexibility index (Phi) is 4.24. The zero-order valence-corrected chi connectivity index (χ0v) is 8.59. The van der Waals surface area contributed by atoms with Crippen LogP contribution in [0.1, 0.15) is 22.3 Å². The Morgan fingerprint density at radius 3 is 2.87 bits per heavy atom. The lowest BCUT2D eigenvalue weighted by molar-refractivity contribution is 0.0947. The molecule has 1 amide bonds. The molecule has 2 N–H and O–H groups in total. The fraction of sp³-hybridized carbons (Fsp3) is 0.364. The van der Waals surface area contributed by atoms with Crippen LogP contribution < -0.4 is 5.32 Å². The second-order valence-corrected chi connectivity index (χ2v) is 3.32. The first-order chi connectivity index (χ1) is 7.15. The zero-order chi connectivity index (χ0) is 11.3. The number of carbonyl (C=O) groups is 1. The van der Waals surface area contributed by atoms with Gasteiger partial charge in [-0.25, -0.2) is 4.39 Å². The lowest BCUT2D eigenvalue weighted by Gasteiger charge is -2.05. The molecule has 0 atom stereocenters. The SMILES string of the molecule is Cc1ccc(C(=O)NCCCO)c(F)c1. The molecule has 0 unspecified atom stereocenters. The summed E-state index contributed by atoms with van der Waals surface area (Å²) in [5.74, 6) is -0.961. The molecule has 3 nitrogen and oxygen atoms in total. The van der Waals surface area contributed by atoms with Gasteiger partial charge in [-0.15, -0.1) is 0 Å². The monoisotopic (exact) mass is 211 g/mol. The summed E-state index contributed by atoms with van der Waals surface area (Å²) in [7, 11) is 0. The van der Waals surface area contributed by atoms with Crippen LogP contribution in [0.5, 0.6) is 0 Å². The van der Waals surface area contributed by atoms with Crippen molar-refractivity contribution in [1.29, 1.82) is 0 Å². The Labute approximate surface area is 87.9 Å². The van der Waals surface area contributed by atoms with Gasteiger partial charge in [0.25, 0.3) is 5.91 Å². The Morgan fingerprint density at radius 2 is 2.27 bits per heavy atom. The van der Waals surface area contributed by atoms with Crippen molar-refractivity contribution in [3.05, 3.63) is 35.1 Å². The molecule has 15 heavy (non-hydrogen) atoms. The van der Waals surface area contributed by atoms with Crippen LogP contribution in [0.3, 0.4) is 0 Å². The minimum atomic E-state index is -0.517. The van der Waals surface area contributed by atoms with Gasteiger partial charge in [0.1, 0.15) is 5.82 Å². The number of benzene rings is 1. The van der Waals surface area contributed by atoms with E-state index >= 15 is 0 Å². The summed E-state index contributed by atoms with van der Waals surface area (Å²) in [5.41, 5.74) is 0.818. The molecule has 0 aromatic heterocycles. The van der Waals surface area contributed by atoms with E-state index in [-0.39, 0.29) is 12.2 Å². The van der Waals surface area contributed by atoms with Crippen molar-refractivity contribution in [3.63, 3.8) is 0 Å². The highest BCUT2D eigenvalue weighted by Gasteiger charge is 2.10. The van der Waals surface area contributed by atoms with Gasteiger partial charge in [0.05, 0.1) is 5.56 Å². The van der Waals surface area contributed by atoms with Crippen molar-refractivity contribution in [1.82, 2.24) is 5.32 Å². The third kappa shape index (κ3) is 3.32. The molecule has 1 aromatic carbocycles. The number of rotatable bonds is 4. The van der Waals surface area contributed by atoms with Crippen LogP contribution in [0.4, 0.5) is 4.39 Å². The number of aryl methyl sites for hydroxylation is 1. The van der Waals surface area contributed by atoms with Crippen molar-refractivity contribution in [2.75, 3.05) is 13.2 Å². The topological polar surface area (TPSA) is 49.3 Å². The summed E-state index contributed by atoms with van der Waals surface area (Å²) < 4.78 is 13.3. The first-order valence-electron chi connectivity index (χ1n) is 4.80. The van der Waals surface area contributed by atoms with Crippen LogP contribution in [0, 0.1) is 12.7 Å². The number of aliphatic hydroxyl groups excluding tert-OH is 1. The maximum absolute atomic E-state index is 13.3. The highest BCUT2D eigenvalue weighted by molar-refractivity contribution is 5.94. The molecular weight excluding hydrogens is 197 g/mol. The van der Waals surface area contributed by atoms with Crippen molar-refractivity contribution in [2.24, 2.45) is 0 Å². The molecule has 0 aliphatic carbocycles. The van der Waals surface area contributed by atoms with Gasteiger partial charge in [-0.05, 0) is 31.0 Å². The summed E-state index contributed by atoms with van der Waals surface area (Å²) in [5, 5.41) is 11.0. The lowest BCUT2D eigenvalue weighted by atomic mass is 10.1. The standard InChI is InChI=1S/C11H14FNO2/c1-8-3-4-9(10(12)7-8)11(15)13-5-2-6-14/h3-4,7,14H,2,5-6H2,1H3,(H,13,15). The number of aliphatic hydroxyl groups is 1. The molecular formula is C11H14FNO2. The fourth-order valence-corrected chi connectivity index (χ4v) is 1.18. The van der Waals surface area contributed by atoms with Gasteiger partial charge in [0.2, 0.25) is 0 Å². The third-order valence-electron chi connectivity index (χ3n) is 1.99. The normalized spacial score (nSPS) is 10.1. The van der Waals surface area contributed by atoms with Crippen molar-refractivity contribution in [3.8, 4) is 0 Å². The minimum Gasteiger partial charge on any atom is -0.396 e. The molecule has 0 radical (unpaired) electrons. The van der Waals surface area contributed by atoms with E-state index in [0.717, 1.165) is 5.56 Å². The Morgan fingerprint density at radius 1 is 1.53 bits per heavy atom. The van der Waals surface area contributed by atoms with E-state index in [1.807, 2.05) is 0 Å². The highest BCUT2D eigenvalue weighted by Crippen LogP contribution is 2.09. The molecule has 1 rings (SSSR count). The van der Waals surface area contributed by atoms with Gasteiger partial charge in [0.15, 0.2) is 0 Å². The largest absolute Gasteiger partial charge is 0.396 e. The van der Waals surface area contributed by atoms with Gasteiger partial charge < -0.3 is 10.4 Å². The molecule has 0 aliphatic heterocycles. The van der Waals surface area contributed by atoms with Gasteiger partial charge in [-0.1, -0.05) is 6.07 Å². The van der Waals surface area contributed by atoms with Gasteiger partial charge in [-0.2, -0.15) is 0 Å². The Balaban J connectivity index is 2.65. The number of hydrogen-bond acceptors (Lipinski definition) is 2. The average molecular weight is 211 g/mol. The van der Waals surface area contributed by atoms with E-state index < -0.39 is 11.7 Å². The molecule has 0 bridgehead atoms. The molecule has 0 fully saturated rings. The van der Waals surface area contributed by atoms with E-state index in [2.05, 4.69) is 5.32 Å². The summed E-state index contributed by atoms with van der Waals surface area (Å²) in [4.78, 5) is 11.4. The second kappa shape index (κ2) is 5.46. The van der Waals surface area contributed by atoms with E-state index in [1.54, 1.807) is 13.0 Å². The van der Waals surface area contributed by atoms with Crippen molar-refractivity contribution in [2.45, 2.75) is 13.3 Å². The number of carbonyl (C=O) groups excluding carboxylic acids is 1. The smallest absolute Gasteiger partial charge is 0.254 e. The summed E-state index contributed by atoms with van der Waals surface area (Å²) >= 11 is 0. The fourth-order valence-electron chi connectivity index (χ4n) is 1.18. The molecule has 0 spiro atoms. The first kappa shape index (κ1) is 11.7. The molecule has 0 saturated carbocycles. The first-order valence-corrected chi connectivity index (χ1v) is 4.80. The predicted molar refractivity (Wildman–Crippen MR) is 55.2 cm³/mol. The van der Waals surface area contributed by atoms with Crippen LogP contribution in [0.25, 0.3) is 0 Å². The highest BCUT2D eigenvalue weighted by atomic mass is 19.1. The zero-order valence-electron chi connectivity index (χ0n) is 8.59. The van der Waals surface area contributed by atoms with Crippen LogP contribution in [-0.4, -0.2) is 24.2 Å². The van der Waals surface area contributed by atoms with E-state index in [1.165, 1.54) is 12.1 Å². The third-order valence-corrected chi connectivity index (χ3v) is 1.99.